The highest BCUT2D eigenvalue weighted by Crippen LogP contribution is 2.23. The molecule has 0 aromatic heterocycles. The molecule has 2 aliphatic rings. The van der Waals surface area contributed by atoms with Gasteiger partial charge in [-0.2, -0.15) is 5.26 Å². The summed E-state index contributed by atoms with van der Waals surface area (Å²) in [5, 5.41) is 16.4. The maximum Gasteiger partial charge on any atom is 0.191 e. The Kier molecular flexibility index (Phi) is 12.0. The first kappa shape index (κ1) is 25.7. The van der Waals surface area contributed by atoms with Gasteiger partial charge in [0.05, 0.1) is 17.4 Å². The number of aliphatic imine (C=N–C) groups is 1. The zero-order valence-electron chi connectivity index (χ0n) is 18.5. The number of hydrogen-bond donors (Lipinski definition) is 2. The molecule has 1 aromatic carbocycles. The van der Waals surface area contributed by atoms with Gasteiger partial charge in [-0.15, -0.1) is 24.0 Å². The molecule has 1 aromatic rings. The second-order valence-corrected chi connectivity index (χ2v) is 7.86. The minimum atomic E-state index is 0. The Hall–Kier alpha value is -1.57. The molecule has 172 valence electrons. The van der Waals surface area contributed by atoms with E-state index in [9.17, 15) is 5.26 Å². The summed E-state index contributed by atoms with van der Waals surface area (Å²) in [7, 11) is 0. The van der Waals surface area contributed by atoms with Crippen molar-refractivity contribution >= 4 is 35.6 Å². The second-order valence-electron chi connectivity index (χ2n) is 7.86. The lowest BCUT2D eigenvalue weighted by Gasteiger charge is -2.35. The molecule has 0 saturated carbocycles. The van der Waals surface area contributed by atoms with Gasteiger partial charge in [-0.3, -0.25) is 4.99 Å². The number of halogens is 1. The van der Waals surface area contributed by atoms with Crippen LogP contribution in [0.2, 0.25) is 0 Å². The Balaban J connectivity index is 0.00000341. The number of nitrogens with one attached hydrogen (secondary N) is 2. The van der Waals surface area contributed by atoms with Crippen molar-refractivity contribution in [1.82, 2.24) is 10.6 Å². The Morgan fingerprint density at radius 1 is 1.29 bits per heavy atom. The van der Waals surface area contributed by atoms with Crippen LogP contribution in [0.15, 0.2) is 29.3 Å². The molecule has 2 fully saturated rings. The average Bonchev–Trinajstić information content (AvgIpc) is 2.80. The first-order valence-electron chi connectivity index (χ1n) is 11.3. The van der Waals surface area contributed by atoms with E-state index in [1.54, 1.807) is 0 Å². The van der Waals surface area contributed by atoms with Gasteiger partial charge in [0, 0.05) is 52.0 Å². The molecule has 0 aliphatic carbocycles. The van der Waals surface area contributed by atoms with Gasteiger partial charge in [0.2, 0.25) is 0 Å². The Labute approximate surface area is 203 Å². The van der Waals surface area contributed by atoms with Crippen LogP contribution in [0, 0.1) is 11.3 Å². The molecule has 2 saturated heterocycles. The molecule has 7 nitrogen and oxygen atoms in total. The fraction of sp³-hybridized carbons (Fsp3) is 0.652. The first-order chi connectivity index (χ1) is 14.8. The summed E-state index contributed by atoms with van der Waals surface area (Å²) in [5.41, 5.74) is 1.77. The third-order valence-electron chi connectivity index (χ3n) is 5.57. The third-order valence-corrected chi connectivity index (χ3v) is 5.57. The first-order valence-corrected chi connectivity index (χ1v) is 11.3. The van der Waals surface area contributed by atoms with Crippen LogP contribution >= 0.6 is 24.0 Å². The molecular formula is C23H36IN5O2. The van der Waals surface area contributed by atoms with Crippen LogP contribution in [0.5, 0.6) is 0 Å². The number of piperidine rings is 1. The van der Waals surface area contributed by atoms with E-state index in [0.29, 0.717) is 12.1 Å². The monoisotopic (exact) mass is 541 g/mol. The molecule has 2 aliphatic heterocycles. The van der Waals surface area contributed by atoms with Crippen molar-refractivity contribution < 1.29 is 9.47 Å². The fourth-order valence-corrected chi connectivity index (χ4v) is 4.02. The van der Waals surface area contributed by atoms with E-state index in [-0.39, 0.29) is 24.0 Å². The normalized spacial score (nSPS) is 19.9. The van der Waals surface area contributed by atoms with Gasteiger partial charge in [0.1, 0.15) is 6.07 Å². The summed E-state index contributed by atoms with van der Waals surface area (Å²) in [6.45, 7) is 7.88. The SMILES string of the molecule is CCNC(=NCCCOC1CCOCC1)NC1CCCN(c2ccccc2C#N)C1.I. The molecule has 0 spiro atoms. The molecule has 1 unspecified atom stereocenters. The van der Waals surface area contributed by atoms with Crippen LogP contribution < -0.4 is 15.5 Å². The summed E-state index contributed by atoms with van der Waals surface area (Å²) in [6.07, 6.45) is 5.46. The number of nitrogens with zero attached hydrogens (tertiary/aromatic N) is 3. The van der Waals surface area contributed by atoms with Crippen molar-refractivity contribution in [3.8, 4) is 6.07 Å². The van der Waals surface area contributed by atoms with Crippen LogP contribution in [0.1, 0.15) is 44.6 Å². The lowest BCUT2D eigenvalue weighted by atomic mass is 10.0. The second kappa shape index (κ2) is 14.5. The summed E-state index contributed by atoms with van der Waals surface area (Å²) in [5.74, 6) is 0.865. The number of guanidine groups is 1. The van der Waals surface area contributed by atoms with Gasteiger partial charge in [-0.25, -0.2) is 0 Å². The van der Waals surface area contributed by atoms with Crippen molar-refractivity contribution in [3.05, 3.63) is 29.8 Å². The molecule has 1 atom stereocenters. The molecule has 0 bridgehead atoms. The highest BCUT2D eigenvalue weighted by molar-refractivity contribution is 14.0. The van der Waals surface area contributed by atoms with Crippen LogP contribution in [-0.4, -0.2) is 64.1 Å². The van der Waals surface area contributed by atoms with Crippen molar-refractivity contribution in [2.24, 2.45) is 4.99 Å². The fourth-order valence-electron chi connectivity index (χ4n) is 4.02. The van der Waals surface area contributed by atoms with Crippen LogP contribution in [0.3, 0.4) is 0 Å². The van der Waals surface area contributed by atoms with Gasteiger partial charge in [0.15, 0.2) is 5.96 Å². The number of para-hydroxylation sites is 1. The maximum atomic E-state index is 9.42. The number of anilines is 1. The molecule has 8 heteroatoms. The molecule has 31 heavy (non-hydrogen) atoms. The van der Waals surface area contributed by atoms with E-state index in [0.717, 1.165) is 95.3 Å². The maximum absolute atomic E-state index is 9.42. The third kappa shape index (κ3) is 8.47. The molecule has 0 radical (unpaired) electrons. The quantitative estimate of drug-likeness (QED) is 0.228. The summed E-state index contributed by atoms with van der Waals surface area (Å²) in [4.78, 5) is 7.05. The van der Waals surface area contributed by atoms with Crippen LogP contribution in [0.4, 0.5) is 5.69 Å². The predicted octanol–water partition coefficient (Wildman–Crippen LogP) is 3.29. The van der Waals surface area contributed by atoms with Gasteiger partial charge in [-0.1, -0.05) is 12.1 Å². The molecule has 2 heterocycles. The van der Waals surface area contributed by atoms with E-state index < -0.39 is 0 Å². The Morgan fingerprint density at radius 2 is 2.10 bits per heavy atom. The Morgan fingerprint density at radius 3 is 2.87 bits per heavy atom. The number of ether oxygens (including phenoxy) is 2. The zero-order valence-corrected chi connectivity index (χ0v) is 20.8. The van der Waals surface area contributed by atoms with E-state index in [1.807, 2.05) is 24.3 Å². The number of benzene rings is 1. The minimum Gasteiger partial charge on any atom is -0.381 e. The van der Waals surface area contributed by atoms with Gasteiger partial charge >= 0.3 is 0 Å². The molecule has 0 amide bonds. The van der Waals surface area contributed by atoms with E-state index >= 15 is 0 Å². The van der Waals surface area contributed by atoms with Crippen molar-refractivity contribution in [2.75, 3.05) is 50.9 Å². The summed E-state index contributed by atoms with van der Waals surface area (Å²) < 4.78 is 11.3. The zero-order chi connectivity index (χ0) is 21.0. The van der Waals surface area contributed by atoms with Crippen LogP contribution in [0.25, 0.3) is 0 Å². The van der Waals surface area contributed by atoms with Crippen molar-refractivity contribution in [1.29, 1.82) is 5.26 Å². The lowest BCUT2D eigenvalue weighted by Crippen LogP contribution is -2.51. The molecule has 3 rings (SSSR count). The number of rotatable bonds is 8. The van der Waals surface area contributed by atoms with Gasteiger partial charge < -0.3 is 25.0 Å². The van der Waals surface area contributed by atoms with Crippen molar-refractivity contribution in [3.63, 3.8) is 0 Å². The Bertz CT molecular complexity index is 718. The highest BCUT2D eigenvalue weighted by Gasteiger charge is 2.22. The molecule has 2 N–H and O–H groups in total. The smallest absolute Gasteiger partial charge is 0.191 e. The summed E-state index contributed by atoms with van der Waals surface area (Å²) in [6, 6.07) is 10.5. The highest BCUT2D eigenvalue weighted by atomic mass is 127. The van der Waals surface area contributed by atoms with E-state index in [1.165, 1.54) is 0 Å². The largest absolute Gasteiger partial charge is 0.381 e. The van der Waals surface area contributed by atoms with E-state index in [4.69, 9.17) is 14.5 Å². The topological polar surface area (TPSA) is 81.9 Å². The van der Waals surface area contributed by atoms with Gasteiger partial charge in [0.25, 0.3) is 0 Å². The van der Waals surface area contributed by atoms with Gasteiger partial charge in [-0.05, 0) is 51.2 Å². The number of hydrogen-bond acceptors (Lipinski definition) is 5. The summed E-state index contributed by atoms with van der Waals surface area (Å²) >= 11 is 0. The lowest BCUT2D eigenvalue weighted by molar-refractivity contribution is -0.0318. The minimum absolute atomic E-state index is 0. The average molecular weight is 541 g/mol. The van der Waals surface area contributed by atoms with E-state index in [2.05, 4.69) is 28.5 Å². The van der Waals surface area contributed by atoms with Crippen molar-refractivity contribution in [2.45, 2.75) is 51.2 Å². The molecular weight excluding hydrogens is 505 g/mol. The van der Waals surface area contributed by atoms with Crippen LogP contribution in [-0.2, 0) is 9.47 Å². The standard InChI is InChI=1S/C23H35N5O2.HI/c1-2-25-23(26-12-6-14-30-21-10-15-29-16-11-21)27-20-8-5-13-28(18-20)22-9-4-3-7-19(22)17-24;/h3-4,7,9,20-21H,2,5-6,8,10-16,18H2,1H3,(H2,25,26,27);1H. The predicted molar refractivity (Wildman–Crippen MR) is 135 cm³/mol. The number of nitriles is 1.